The number of benzene rings is 1. The zero-order chi connectivity index (χ0) is 16.1. The van der Waals surface area contributed by atoms with Crippen LogP contribution in [0.2, 0.25) is 0 Å². The zero-order valence-electron chi connectivity index (χ0n) is 12.9. The first-order chi connectivity index (χ1) is 10.6. The highest BCUT2D eigenvalue weighted by molar-refractivity contribution is 8.00. The van der Waals surface area contributed by atoms with Crippen molar-refractivity contribution < 1.29 is 14.3 Å². The maximum Gasteiger partial charge on any atom is 0.210 e. The van der Waals surface area contributed by atoms with Gasteiger partial charge in [0.15, 0.2) is 17.3 Å². The lowest BCUT2D eigenvalue weighted by Crippen LogP contribution is -2.15. The van der Waals surface area contributed by atoms with Gasteiger partial charge >= 0.3 is 0 Å². The number of hydrogen-bond donors (Lipinski definition) is 0. The molecule has 1 heterocycles. The number of aryl methyl sites for hydroxylation is 1. The Hall–Kier alpha value is -2.09. The molecule has 0 aliphatic carbocycles. The number of nitrogens with zero attached hydrogens (tertiary/aromatic N) is 4. The number of ketones is 1. The average molecular weight is 322 g/mol. The fraction of sp³-hybridized carbons (Fsp3) is 0.429. The molecule has 22 heavy (non-hydrogen) atoms. The molecule has 118 valence electrons. The molecule has 0 saturated heterocycles. The molecule has 0 aliphatic rings. The maximum atomic E-state index is 12.5. The first kappa shape index (κ1) is 16.3. The maximum absolute atomic E-state index is 12.5. The fourth-order valence-corrected chi connectivity index (χ4v) is 2.85. The SMILES string of the molecule is CCn1nnnc1SC(C)C(=O)c1ccc(OC)c(OC)c1. The van der Waals surface area contributed by atoms with Crippen LogP contribution in [0.1, 0.15) is 24.2 Å². The van der Waals surface area contributed by atoms with E-state index in [0.717, 1.165) is 0 Å². The lowest BCUT2D eigenvalue weighted by Gasteiger charge is -2.12. The first-order valence-electron chi connectivity index (χ1n) is 6.79. The van der Waals surface area contributed by atoms with Crippen LogP contribution in [0.3, 0.4) is 0 Å². The van der Waals surface area contributed by atoms with Gasteiger partial charge in [0.2, 0.25) is 5.16 Å². The van der Waals surface area contributed by atoms with Crippen molar-refractivity contribution in [2.45, 2.75) is 30.8 Å². The number of methoxy groups -OCH3 is 2. The van der Waals surface area contributed by atoms with Crippen LogP contribution < -0.4 is 9.47 Å². The topological polar surface area (TPSA) is 79.1 Å². The molecule has 7 nitrogen and oxygen atoms in total. The number of thioether (sulfide) groups is 1. The summed E-state index contributed by atoms with van der Waals surface area (Å²) < 4.78 is 12.1. The standard InChI is InChI=1S/C14H18N4O3S/c1-5-18-14(15-16-17-18)22-9(2)13(19)10-6-7-11(20-3)12(8-10)21-4/h6-9H,5H2,1-4H3. The number of carbonyl (C=O) groups excluding carboxylic acids is 1. The zero-order valence-corrected chi connectivity index (χ0v) is 13.8. The molecular formula is C14H18N4O3S. The van der Waals surface area contributed by atoms with Crippen LogP contribution in [0.5, 0.6) is 11.5 Å². The van der Waals surface area contributed by atoms with Crippen LogP contribution in [-0.2, 0) is 6.54 Å². The van der Waals surface area contributed by atoms with Gasteiger partial charge in [-0.3, -0.25) is 4.79 Å². The molecule has 0 N–H and O–H groups in total. The number of carbonyl (C=O) groups is 1. The van der Waals surface area contributed by atoms with E-state index >= 15 is 0 Å². The van der Waals surface area contributed by atoms with Gasteiger partial charge in [-0.15, -0.1) is 5.10 Å². The Morgan fingerprint density at radius 1 is 1.32 bits per heavy atom. The van der Waals surface area contributed by atoms with E-state index in [4.69, 9.17) is 9.47 Å². The van der Waals surface area contributed by atoms with Crippen molar-refractivity contribution in [3.05, 3.63) is 23.8 Å². The van der Waals surface area contributed by atoms with E-state index < -0.39 is 0 Å². The Morgan fingerprint density at radius 3 is 2.68 bits per heavy atom. The number of aromatic nitrogens is 4. The van der Waals surface area contributed by atoms with Gasteiger partial charge in [0.1, 0.15) is 0 Å². The van der Waals surface area contributed by atoms with E-state index in [1.165, 1.54) is 11.8 Å². The van der Waals surface area contributed by atoms with Crippen molar-refractivity contribution in [1.82, 2.24) is 20.2 Å². The van der Waals surface area contributed by atoms with E-state index in [-0.39, 0.29) is 11.0 Å². The molecule has 1 aromatic heterocycles. The van der Waals surface area contributed by atoms with Crippen molar-refractivity contribution in [3.8, 4) is 11.5 Å². The van der Waals surface area contributed by atoms with Gasteiger partial charge in [-0.05, 0) is 42.5 Å². The summed E-state index contributed by atoms with van der Waals surface area (Å²) >= 11 is 1.33. The van der Waals surface area contributed by atoms with Crippen LogP contribution >= 0.6 is 11.8 Å². The second-order valence-electron chi connectivity index (χ2n) is 4.47. The predicted octanol–water partition coefficient (Wildman–Crippen LogP) is 2.07. The quantitative estimate of drug-likeness (QED) is 0.570. The molecule has 1 unspecified atom stereocenters. The van der Waals surface area contributed by atoms with Crippen molar-refractivity contribution in [2.75, 3.05) is 14.2 Å². The number of ether oxygens (including phenoxy) is 2. The molecule has 0 amide bonds. The summed E-state index contributed by atoms with van der Waals surface area (Å²) in [6.45, 7) is 4.44. The van der Waals surface area contributed by atoms with Crippen molar-refractivity contribution in [1.29, 1.82) is 0 Å². The first-order valence-corrected chi connectivity index (χ1v) is 7.67. The molecule has 0 fully saturated rings. The molecule has 0 aliphatic heterocycles. The number of tetrazole rings is 1. The highest BCUT2D eigenvalue weighted by atomic mass is 32.2. The van der Waals surface area contributed by atoms with Gasteiger partial charge in [0, 0.05) is 12.1 Å². The van der Waals surface area contributed by atoms with Crippen LogP contribution in [0, 0.1) is 0 Å². The second kappa shape index (κ2) is 7.26. The summed E-state index contributed by atoms with van der Waals surface area (Å²) in [5.41, 5.74) is 0.563. The molecule has 2 rings (SSSR count). The minimum Gasteiger partial charge on any atom is -0.493 e. The monoisotopic (exact) mass is 322 g/mol. The summed E-state index contributed by atoms with van der Waals surface area (Å²) in [5, 5.41) is 11.7. The Labute approximate surface area is 133 Å². The Kier molecular flexibility index (Phi) is 5.37. The van der Waals surface area contributed by atoms with E-state index in [9.17, 15) is 4.79 Å². The van der Waals surface area contributed by atoms with Crippen molar-refractivity contribution >= 4 is 17.5 Å². The van der Waals surface area contributed by atoms with Crippen LogP contribution in [0.15, 0.2) is 23.4 Å². The number of hydrogen-bond acceptors (Lipinski definition) is 7. The normalized spacial score (nSPS) is 12.0. The highest BCUT2D eigenvalue weighted by Crippen LogP contribution is 2.30. The van der Waals surface area contributed by atoms with Crippen LogP contribution in [-0.4, -0.2) is 45.5 Å². The third kappa shape index (κ3) is 3.38. The van der Waals surface area contributed by atoms with Gasteiger partial charge in [-0.25, -0.2) is 4.68 Å². The summed E-state index contributed by atoms with van der Waals surface area (Å²) in [5.74, 6) is 1.11. The Morgan fingerprint density at radius 2 is 2.05 bits per heavy atom. The van der Waals surface area contributed by atoms with E-state index in [2.05, 4.69) is 15.5 Å². The van der Waals surface area contributed by atoms with Gasteiger partial charge in [-0.2, -0.15) is 0 Å². The second-order valence-corrected chi connectivity index (χ2v) is 5.78. The lowest BCUT2D eigenvalue weighted by atomic mass is 10.1. The molecule has 0 bridgehead atoms. The van der Waals surface area contributed by atoms with Crippen LogP contribution in [0.25, 0.3) is 0 Å². The highest BCUT2D eigenvalue weighted by Gasteiger charge is 2.21. The molecule has 1 aromatic carbocycles. The molecule has 0 radical (unpaired) electrons. The van der Waals surface area contributed by atoms with Gasteiger partial charge in [-0.1, -0.05) is 11.8 Å². The van der Waals surface area contributed by atoms with Crippen molar-refractivity contribution in [3.63, 3.8) is 0 Å². The fourth-order valence-electron chi connectivity index (χ4n) is 1.92. The minimum absolute atomic E-state index is 0.0170. The summed E-state index contributed by atoms with van der Waals surface area (Å²) in [7, 11) is 3.10. The van der Waals surface area contributed by atoms with E-state index in [0.29, 0.717) is 28.8 Å². The van der Waals surface area contributed by atoms with Crippen LogP contribution in [0.4, 0.5) is 0 Å². The third-order valence-corrected chi connectivity index (χ3v) is 4.19. The molecule has 0 spiro atoms. The van der Waals surface area contributed by atoms with E-state index in [1.54, 1.807) is 37.1 Å². The largest absolute Gasteiger partial charge is 0.493 e. The third-order valence-electron chi connectivity index (χ3n) is 3.12. The van der Waals surface area contributed by atoms with Gasteiger partial charge < -0.3 is 9.47 Å². The summed E-state index contributed by atoms with van der Waals surface area (Å²) in [4.78, 5) is 12.5. The smallest absolute Gasteiger partial charge is 0.210 e. The summed E-state index contributed by atoms with van der Waals surface area (Å²) in [6, 6.07) is 5.13. The molecule has 1 atom stereocenters. The number of rotatable bonds is 7. The molecular weight excluding hydrogens is 304 g/mol. The summed E-state index contributed by atoms with van der Waals surface area (Å²) in [6.07, 6.45) is 0. The number of Topliss-reactive ketones (excluding diaryl/α,β-unsaturated/α-hetero) is 1. The Balaban J connectivity index is 2.17. The van der Waals surface area contributed by atoms with E-state index in [1.807, 2.05) is 13.8 Å². The Bertz CT molecular complexity index is 659. The van der Waals surface area contributed by atoms with Crippen molar-refractivity contribution in [2.24, 2.45) is 0 Å². The predicted molar refractivity (Wildman–Crippen MR) is 82.7 cm³/mol. The van der Waals surface area contributed by atoms with Gasteiger partial charge in [0.05, 0.1) is 19.5 Å². The molecule has 2 aromatic rings. The molecule has 8 heteroatoms. The minimum atomic E-state index is -0.311. The average Bonchev–Trinajstić information content (AvgIpc) is 3.00. The lowest BCUT2D eigenvalue weighted by molar-refractivity contribution is 0.0993. The van der Waals surface area contributed by atoms with Gasteiger partial charge in [0.25, 0.3) is 0 Å². The molecule has 0 saturated carbocycles.